The lowest BCUT2D eigenvalue weighted by molar-refractivity contribution is -0.140. The Morgan fingerprint density at radius 3 is 2.56 bits per heavy atom. The van der Waals surface area contributed by atoms with Gasteiger partial charge in [0.05, 0.1) is 31.9 Å². The van der Waals surface area contributed by atoms with Gasteiger partial charge in [-0.1, -0.05) is 0 Å². The molecule has 0 radical (unpaired) electrons. The minimum Gasteiger partial charge on any atom is -0.507 e. The van der Waals surface area contributed by atoms with Crippen LogP contribution in [0.2, 0.25) is 0 Å². The molecule has 1 amide bonds. The number of hydrogen-bond donors (Lipinski definition) is 1. The minimum absolute atomic E-state index is 0.0122. The molecule has 1 atom stereocenters. The number of rotatable bonds is 6. The highest BCUT2D eigenvalue weighted by molar-refractivity contribution is 6.46. The molecule has 2 aliphatic heterocycles. The number of ketones is 1. The summed E-state index contributed by atoms with van der Waals surface area (Å²) in [5.74, 6) is -2.60. The summed E-state index contributed by atoms with van der Waals surface area (Å²) in [4.78, 5) is 33.6. The molecular formula is C23H24FN3O5. The number of nitrogens with zero attached hydrogens (tertiary/aromatic N) is 3. The maximum Gasteiger partial charge on any atom is 0.295 e. The molecule has 2 fully saturated rings. The highest BCUT2D eigenvalue weighted by Crippen LogP contribution is 2.39. The van der Waals surface area contributed by atoms with Crippen molar-refractivity contribution < 1.29 is 28.6 Å². The smallest absolute Gasteiger partial charge is 0.295 e. The number of halogens is 1. The Balaban J connectivity index is 1.72. The average molecular weight is 441 g/mol. The molecule has 3 heterocycles. The van der Waals surface area contributed by atoms with E-state index in [4.69, 9.17) is 9.47 Å². The highest BCUT2D eigenvalue weighted by atomic mass is 19.1. The number of hydrogen-bond acceptors (Lipinski definition) is 7. The topological polar surface area (TPSA) is 92.2 Å². The molecule has 2 saturated heterocycles. The molecule has 32 heavy (non-hydrogen) atoms. The van der Waals surface area contributed by atoms with Gasteiger partial charge in [0.15, 0.2) is 11.6 Å². The number of aliphatic hydroxyl groups excluding tert-OH is 1. The molecule has 8 nitrogen and oxygen atoms in total. The molecule has 0 unspecified atom stereocenters. The van der Waals surface area contributed by atoms with Gasteiger partial charge < -0.3 is 19.5 Å². The Morgan fingerprint density at radius 2 is 1.91 bits per heavy atom. The monoisotopic (exact) mass is 441 g/mol. The lowest BCUT2D eigenvalue weighted by Gasteiger charge is -2.31. The number of pyridine rings is 1. The number of methoxy groups -OCH3 is 1. The van der Waals surface area contributed by atoms with Crippen LogP contribution >= 0.6 is 0 Å². The quantitative estimate of drug-likeness (QED) is 0.416. The van der Waals surface area contributed by atoms with Gasteiger partial charge in [-0.3, -0.25) is 19.5 Å². The van der Waals surface area contributed by atoms with Crippen molar-refractivity contribution in [3.05, 3.63) is 65.2 Å². The predicted octanol–water partition coefficient (Wildman–Crippen LogP) is 1.98. The van der Waals surface area contributed by atoms with Crippen molar-refractivity contribution in [3.63, 3.8) is 0 Å². The van der Waals surface area contributed by atoms with Crippen molar-refractivity contribution in [2.75, 3.05) is 46.5 Å². The molecule has 0 spiro atoms. The molecule has 0 saturated carbocycles. The van der Waals surface area contributed by atoms with Crippen LogP contribution in [0.5, 0.6) is 5.75 Å². The summed E-state index contributed by atoms with van der Waals surface area (Å²) in [5.41, 5.74) is 0.651. The second-order valence-electron chi connectivity index (χ2n) is 7.58. The zero-order valence-corrected chi connectivity index (χ0v) is 17.7. The SMILES string of the molecule is COc1ccc(C(O)=C2C(=O)C(=O)N(CCN3CCOCC3)[C@@H]2c2ccncc2)cc1F. The number of aliphatic hydroxyl groups is 1. The van der Waals surface area contributed by atoms with E-state index in [1.54, 1.807) is 24.5 Å². The van der Waals surface area contributed by atoms with Crippen LogP contribution in [0, 0.1) is 5.82 Å². The Bertz CT molecular complexity index is 1040. The molecule has 4 rings (SSSR count). The van der Waals surface area contributed by atoms with Crippen molar-refractivity contribution in [2.45, 2.75) is 6.04 Å². The first-order valence-electron chi connectivity index (χ1n) is 10.3. The molecule has 2 aromatic rings. The van der Waals surface area contributed by atoms with Gasteiger partial charge in [-0.25, -0.2) is 4.39 Å². The van der Waals surface area contributed by atoms with Crippen LogP contribution in [0.1, 0.15) is 17.2 Å². The van der Waals surface area contributed by atoms with Crippen LogP contribution in [0.25, 0.3) is 5.76 Å². The Morgan fingerprint density at radius 1 is 1.19 bits per heavy atom. The number of morpholine rings is 1. The molecule has 0 aliphatic carbocycles. The number of Topliss-reactive ketones (excluding diaryl/α,β-unsaturated/α-hetero) is 1. The molecule has 1 aromatic carbocycles. The normalized spacial score (nSPS) is 21.2. The molecular weight excluding hydrogens is 417 g/mol. The predicted molar refractivity (Wildman–Crippen MR) is 113 cm³/mol. The van der Waals surface area contributed by atoms with Gasteiger partial charge in [0, 0.05) is 44.1 Å². The van der Waals surface area contributed by atoms with Gasteiger partial charge in [-0.2, -0.15) is 0 Å². The van der Waals surface area contributed by atoms with Crippen LogP contribution < -0.4 is 4.74 Å². The van der Waals surface area contributed by atoms with Gasteiger partial charge in [-0.05, 0) is 35.9 Å². The van der Waals surface area contributed by atoms with E-state index in [1.807, 2.05) is 0 Å². The standard InChI is InChI=1S/C23H24FN3O5/c1-31-18-3-2-16(14-17(18)24)21(28)19-20(15-4-6-25-7-5-15)27(23(30)22(19)29)9-8-26-10-12-32-13-11-26/h2-7,14,20,28H,8-13H2,1H3/t20-/m1/s1. The minimum atomic E-state index is -0.803. The summed E-state index contributed by atoms with van der Waals surface area (Å²) in [6.07, 6.45) is 3.12. The van der Waals surface area contributed by atoms with Crippen LogP contribution in [0.3, 0.4) is 0 Å². The van der Waals surface area contributed by atoms with E-state index >= 15 is 0 Å². The van der Waals surface area contributed by atoms with Crippen LogP contribution in [0.15, 0.2) is 48.3 Å². The van der Waals surface area contributed by atoms with Crippen molar-refractivity contribution in [1.29, 1.82) is 0 Å². The van der Waals surface area contributed by atoms with Gasteiger partial charge in [-0.15, -0.1) is 0 Å². The summed E-state index contributed by atoms with van der Waals surface area (Å²) in [7, 11) is 1.33. The summed E-state index contributed by atoms with van der Waals surface area (Å²) in [5, 5.41) is 11.0. The maximum atomic E-state index is 14.3. The summed E-state index contributed by atoms with van der Waals surface area (Å²) < 4.78 is 24.5. The van der Waals surface area contributed by atoms with Gasteiger partial charge >= 0.3 is 0 Å². The Hall–Kier alpha value is -3.30. The lowest BCUT2D eigenvalue weighted by atomic mass is 9.96. The number of carbonyl (C=O) groups is 2. The third kappa shape index (κ3) is 4.21. The van der Waals surface area contributed by atoms with Gasteiger partial charge in [0.25, 0.3) is 11.7 Å². The lowest BCUT2D eigenvalue weighted by Crippen LogP contribution is -2.42. The van der Waals surface area contributed by atoms with E-state index < -0.39 is 29.3 Å². The molecule has 9 heteroatoms. The largest absolute Gasteiger partial charge is 0.507 e. The number of ether oxygens (including phenoxy) is 2. The second kappa shape index (κ2) is 9.46. The van der Waals surface area contributed by atoms with E-state index in [-0.39, 0.29) is 16.9 Å². The molecule has 168 valence electrons. The van der Waals surface area contributed by atoms with Crippen molar-refractivity contribution >= 4 is 17.4 Å². The second-order valence-corrected chi connectivity index (χ2v) is 7.58. The van der Waals surface area contributed by atoms with E-state index in [1.165, 1.54) is 24.1 Å². The fraction of sp³-hybridized carbons (Fsp3) is 0.348. The first-order chi connectivity index (χ1) is 15.5. The van der Waals surface area contributed by atoms with Crippen LogP contribution in [-0.2, 0) is 14.3 Å². The molecule has 0 bridgehead atoms. The maximum absolute atomic E-state index is 14.3. The Labute approximate surface area is 184 Å². The summed E-state index contributed by atoms with van der Waals surface area (Å²) in [6, 6.07) is 6.48. The zero-order chi connectivity index (χ0) is 22.7. The number of benzene rings is 1. The molecule has 1 N–H and O–H groups in total. The highest BCUT2D eigenvalue weighted by Gasteiger charge is 2.46. The molecule has 1 aromatic heterocycles. The van der Waals surface area contributed by atoms with E-state index in [9.17, 15) is 19.1 Å². The van der Waals surface area contributed by atoms with Gasteiger partial charge in [0.1, 0.15) is 5.76 Å². The van der Waals surface area contributed by atoms with E-state index in [0.29, 0.717) is 31.9 Å². The van der Waals surface area contributed by atoms with E-state index in [2.05, 4.69) is 9.88 Å². The van der Waals surface area contributed by atoms with Crippen LogP contribution in [-0.4, -0.2) is 78.1 Å². The number of aromatic nitrogens is 1. The number of likely N-dealkylation sites (tertiary alicyclic amines) is 1. The number of carbonyl (C=O) groups excluding carboxylic acids is 2. The summed E-state index contributed by atoms with van der Waals surface area (Å²) in [6.45, 7) is 3.59. The van der Waals surface area contributed by atoms with E-state index in [0.717, 1.165) is 19.2 Å². The number of amides is 1. The van der Waals surface area contributed by atoms with Gasteiger partial charge in [0.2, 0.25) is 0 Å². The third-order valence-electron chi connectivity index (χ3n) is 5.75. The van der Waals surface area contributed by atoms with Crippen LogP contribution in [0.4, 0.5) is 4.39 Å². The van der Waals surface area contributed by atoms with Crippen molar-refractivity contribution in [1.82, 2.24) is 14.8 Å². The fourth-order valence-electron chi connectivity index (χ4n) is 4.05. The first kappa shape index (κ1) is 21.9. The molecule has 2 aliphatic rings. The summed E-state index contributed by atoms with van der Waals surface area (Å²) >= 11 is 0. The van der Waals surface area contributed by atoms with Crippen molar-refractivity contribution in [3.8, 4) is 5.75 Å². The average Bonchev–Trinajstić information content (AvgIpc) is 3.08. The third-order valence-corrected chi connectivity index (χ3v) is 5.75. The first-order valence-corrected chi connectivity index (χ1v) is 10.3. The fourth-order valence-corrected chi connectivity index (χ4v) is 4.05. The zero-order valence-electron chi connectivity index (χ0n) is 17.7. The van der Waals surface area contributed by atoms with Crippen molar-refractivity contribution in [2.24, 2.45) is 0 Å². The Kier molecular flexibility index (Phi) is 6.48.